The van der Waals surface area contributed by atoms with Gasteiger partial charge in [0.2, 0.25) is 0 Å². The van der Waals surface area contributed by atoms with Gasteiger partial charge in [-0.2, -0.15) is 0 Å². The largest absolute Gasteiger partial charge is 0.508 e. The van der Waals surface area contributed by atoms with Crippen LogP contribution in [-0.4, -0.2) is 16.6 Å². The maximum atomic E-state index is 9.33. The van der Waals surface area contributed by atoms with E-state index >= 15 is 0 Å². The summed E-state index contributed by atoms with van der Waals surface area (Å²) in [5.41, 5.74) is 1.61. The quantitative estimate of drug-likeness (QED) is 0.736. The van der Waals surface area contributed by atoms with Gasteiger partial charge in [0.1, 0.15) is 11.5 Å². The van der Waals surface area contributed by atoms with E-state index in [-0.39, 0.29) is 5.76 Å². The normalized spacial score (nSPS) is 10.4. The van der Waals surface area contributed by atoms with E-state index in [1.807, 2.05) is 35.0 Å². The lowest BCUT2D eigenvalue weighted by atomic mass is 10.2. The number of aliphatic hydroxyl groups excluding tert-OH is 1. The van der Waals surface area contributed by atoms with Crippen LogP contribution in [0.15, 0.2) is 37.2 Å². The molecule has 3 nitrogen and oxygen atoms in total. The van der Waals surface area contributed by atoms with Gasteiger partial charge in [0.15, 0.2) is 0 Å². The van der Waals surface area contributed by atoms with Crippen LogP contribution in [0, 0.1) is 0 Å². The first-order chi connectivity index (χ1) is 6.72. The van der Waals surface area contributed by atoms with Crippen molar-refractivity contribution in [2.45, 2.75) is 0 Å². The number of rotatable bonds is 2. The number of nitrogens with zero attached hydrogens (tertiary/aromatic N) is 1. The molecule has 14 heavy (non-hydrogen) atoms. The van der Waals surface area contributed by atoms with Crippen molar-refractivity contribution in [2.24, 2.45) is 0 Å². The fourth-order valence-electron chi connectivity index (χ4n) is 1.45. The number of aliphatic hydroxyl groups is 1. The number of fused-ring (bicyclic) bond motifs is 1. The second kappa shape index (κ2) is 3.10. The summed E-state index contributed by atoms with van der Waals surface area (Å²) in [6.07, 6.45) is 3.74. The van der Waals surface area contributed by atoms with Crippen molar-refractivity contribution in [2.75, 3.05) is 7.11 Å². The van der Waals surface area contributed by atoms with Crippen LogP contribution in [0.5, 0.6) is 5.75 Å². The minimum atomic E-state index is 0.0701. The first-order valence-corrected chi connectivity index (χ1v) is 4.25. The van der Waals surface area contributed by atoms with Gasteiger partial charge in [-0.25, -0.2) is 0 Å². The average Bonchev–Trinajstić information content (AvgIpc) is 2.59. The van der Waals surface area contributed by atoms with E-state index in [1.54, 1.807) is 7.11 Å². The van der Waals surface area contributed by atoms with Crippen molar-refractivity contribution in [3.63, 3.8) is 0 Å². The highest BCUT2D eigenvalue weighted by atomic mass is 16.5. The Kier molecular flexibility index (Phi) is 1.93. The third kappa shape index (κ3) is 1.23. The second-order valence-electron chi connectivity index (χ2n) is 3.04. The molecule has 0 amide bonds. The van der Waals surface area contributed by atoms with Crippen molar-refractivity contribution < 1.29 is 9.84 Å². The Morgan fingerprint density at radius 1 is 1.43 bits per heavy atom. The third-order valence-corrected chi connectivity index (χ3v) is 2.18. The maximum Gasteiger partial charge on any atom is 0.122 e. The second-order valence-corrected chi connectivity index (χ2v) is 3.04. The van der Waals surface area contributed by atoms with Gasteiger partial charge in [-0.3, -0.25) is 0 Å². The molecular formula is C11H11NO2. The van der Waals surface area contributed by atoms with E-state index in [0.717, 1.165) is 16.8 Å². The SMILES string of the molecule is C=C(O)c1ccn2ccc(OC)cc12. The minimum absolute atomic E-state index is 0.0701. The van der Waals surface area contributed by atoms with Crippen LogP contribution in [0.25, 0.3) is 11.3 Å². The topological polar surface area (TPSA) is 33.9 Å². The highest BCUT2D eigenvalue weighted by Gasteiger charge is 2.05. The van der Waals surface area contributed by atoms with Gasteiger partial charge in [0, 0.05) is 24.0 Å². The Labute approximate surface area is 81.9 Å². The number of hydrogen-bond acceptors (Lipinski definition) is 2. The highest BCUT2D eigenvalue weighted by molar-refractivity contribution is 5.74. The lowest BCUT2D eigenvalue weighted by Gasteiger charge is -2.02. The first-order valence-electron chi connectivity index (χ1n) is 4.25. The molecule has 2 heterocycles. The lowest BCUT2D eigenvalue weighted by Crippen LogP contribution is -1.87. The van der Waals surface area contributed by atoms with Crippen molar-refractivity contribution >= 4 is 11.3 Å². The third-order valence-electron chi connectivity index (χ3n) is 2.18. The zero-order valence-electron chi connectivity index (χ0n) is 7.90. The van der Waals surface area contributed by atoms with Crippen molar-refractivity contribution in [1.29, 1.82) is 0 Å². The summed E-state index contributed by atoms with van der Waals surface area (Å²) in [6.45, 7) is 3.50. The maximum absolute atomic E-state index is 9.33. The molecular weight excluding hydrogens is 178 g/mol. The molecule has 2 aromatic heterocycles. The van der Waals surface area contributed by atoms with E-state index in [1.165, 1.54) is 0 Å². The predicted octanol–water partition coefficient (Wildman–Crippen LogP) is 2.48. The molecule has 1 N–H and O–H groups in total. The van der Waals surface area contributed by atoms with Gasteiger partial charge in [0.05, 0.1) is 12.6 Å². The molecule has 0 aromatic carbocycles. The van der Waals surface area contributed by atoms with Gasteiger partial charge in [0.25, 0.3) is 0 Å². The molecule has 0 aliphatic carbocycles. The van der Waals surface area contributed by atoms with Crippen LogP contribution in [0.2, 0.25) is 0 Å². The summed E-state index contributed by atoms with van der Waals surface area (Å²) in [4.78, 5) is 0. The first kappa shape index (κ1) is 8.69. The summed E-state index contributed by atoms with van der Waals surface area (Å²) in [7, 11) is 1.61. The summed E-state index contributed by atoms with van der Waals surface area (Å²) < 4.78 is 7.00. The molecule has 0 saturated carbocycles. The van der Waals surface area contributed by atoms with Crippen molar-refractivity contribution in [3.8, 4) is 5.75 Å². The van der Waals surface area contributed by atoms with Crippen molar-refractivity contribution in [1.82, 2.24) is 4.40 Å². The van der Waals surface area contributed by atoms with Crippen LogP contribution in [0.3, 0.4) is 0 Å². The molecule has 0 aliphatic rings. The Hall–Kier alpha value is -1.90. The number of ether oxygens (including phenoxy) is 1. The molecule has 72 valence electrons. The van der Waals surface area contributed by atoms with E-state index < -0.39 is 0 Å². The molecule has 0 atom stereocenters. The monoisotopic (exact) mass is 189 g/mol. The number of methoxy groups -OCH3 is 1. The molecule has 0 saturated heterocycles. The average molecular weight is 189 g/mol. The summed E-state index contributed by atoms with van der Waals surface area (Å²) in [5.74, 6) is 0.833. The minimum Gasteiger partial charge on any atom is -0.508 e. The molecule has 3 heteroatoms. The Bertz CT molecular complexity index is 485. The van der Waals surface area contributed by atoms with Crippen molar-refractivity contribution in [3.05, 3.63) is 42.7 Å². The Morgan fingerprint density at radius 3 is 2.79 bits per heavy atom. The molecule has 2 aromatic rings. The smallest absolute Gasteiger partial charge is 0.122 e. The Balaban J connectivity index is 2.69. The van der Waals surface area contributed by atoms with Crippen LogP contribution in [0.1, 0.15) is 5.56 Å². The zero-order chi connectivity index (χ0) is 10.1. The van der Waals surface area contributed by atoms with Gasteiger partial charge in [-0.1, -0.05) is 6.58 Å². The number of hydrogen-bond donors (Lipinski definition) is 1. The molecule has 0 radical (unpaired) electrons. The lowest BCUT2D eigenvalue weighted by molar-refractivity contribution is 0.414. The molecule has 0 spiro atoms. The highest BCUT2D eigenvalue weighted by Crippen LogP contribution is 2.22. The van der Waals surface area contributed by atoms with Gasteiger partial charge in [-0.05, 0) is 12.1 Å². The molecule has 0 bridgehead atoms. The zero-order valence-corrected chi connectivity index (χ0v) is 7.90. The fraction of sp³-hybridized carbons (Fsp3) is 0.0909. The molecule has 0 unspecified atom stereocenters. The summed E-state index contributed by atoms with van der Waals surface area (Å²) in [6, 6.07) is 5.53. The van der Waals surface area contributed by atoms with Crippen LogP contribution >= 0.6 is 0 Å². The van der Waals surface area contributed by atoms with E-state index in [0.29, 0.717) is 0 Å². The van der Waals surface area contributed by atoms with E-state index in [2.05, 4.69) is 6.58 Å². The van der Waals surface area contributed by atoms with Crippen LogP contribution in [-0.2, 0) is 0 Å². The van der Waals surface area contributed by atoms with E-state index in [4.69, 9.17) is 4.74 Å². The number of aromatic nitrogens is 1. The predicted molar refractivity (Wildman–Crippen MR) is 55.6 cm³/mol. The standard InChI is InChI=1S/C11H11NO2/c1-8(13)10-4-6-12-5-3-9(14-2)7-11(10)12/h3-7,13H,1H2,2H3. The van der Waals surface area contributed by atoms with Gasteiger partial charge < -0.3 is 14.2 Å². The van der Waals surface area contributed by atoms with Crippen LogP contribution < -0.4 is 4.74 Å². The molecule has 2 rings (SSSR count). The van der Waals surface area contributed by atoms with Crippen LogP contribution in [0.4, 0.5) is 0 Å². The molecule has 0 aliphatic heterocycles. The summed E-state index contributed by atoms with van der Waals surface area (Å²) in [5, 5.41) is 9.33. The summed E-state index contributed by atoms with van der Waals surface area (Å²) >= 11 is 0. The van der Waals surface area contributed by atoms with Gasteiger partial charge >= 0.3 is 0 Å². The Morgan fingerprint density at radius 2 is 2.14 bits per heavy atom. The molecule has 0 fully saturated rings. The number of pyridine rings is 1. The van der Waals surface area contributed by atoms with Gasteiger partial charge in [-0.15, -0.1) is 0 Å². The fourth-order valence-corrected chi connectivity index (χ4v) is 1.45. The van der Waals surface area contributed by atoms with E-state index in [9.17, 15) is 5.11 Å².